The Kier molecular flexibility index (Phi) is 7.58. The van der Waals surface area contributed by atoms with E-state index in [9.17, 15) is 9.18 Å². The molecule has 2 aliphatic rings. The third kappa shape index (κ3) is 5.91. The van der Waals surface area contributed by atoms with Gasteiger partial charge < -0.3 is 15.5 Å². The first-order valence-corrected chi connectivity index (χ1v) is 12.9. The molecule has 0 radical (unpaired) electrons. The van der Waals surface area contributed by atoms with Gasteiger partial charge in [-0.15, -0.1) is 0 Å². The second kappa shape index (κ2) is 11.2. The molecule has 2 saturated heterocycles. The number of hydrogen-bond donors (Lipinski definition) is 2. The fourth-order valence-electron chi connectivity index (χ4n) is 4.97. The third-order valence-corrected chi connectivity index (χ3v) is 7.17. The highest BCUT2D eigenvalue weighted by Crippen LogP contribution is 2.25. The van der Waals surface area contributed by atoms with Gasteiger partial charge in [-0.3, -0.25) is 9.69 Å². The Labute approximate surface area is 212 Å². The Hall–Kier alpha value is -3.29. The number of halogens is 1. The molecule has 36 heavy (non-hydrogen) atoms. The maximum Gasteiger partial charge on any atom is 0.251 e. The summed E-state index contributed by atoms with van der Waals surface area (Å²) >= 11 is 0. The van der Waals surface area contributed by atoms with Crippen LogP contribution in [0.3, 0.4) is 0 Å². The molecule has 2 fully saturated rings. The van der Waals surface area contributed by atoms with Crippen molar-refractivity contribution in [3.8, 4) is 11.1 Å². The van der Waals surface area contributed by atoms with Crippen LogP contribution in [0.15, 0.2) is 60.8 Å². The number of rotatable bonds is 6. The molecule has 0 aliphatic carbocycles. The fraction of sp³-hybridized carbons (Fsp3) is 0.379. The molecule has 0 saturated carbocycles. The van der Waals surface area contributed by atoms with E-state index in [4.69, 9.17) is 0 Å². The number of aryl methyl sites for hydroxylation is 1. The van der Waals surface area contributed by atoms with Crippen molar-refractivity contribution in [1.82, 2.24) is 20.5 Å². The molecule has 0 spiro atoms. The number of anilines is 1. The zero-order valence-electron chi connectivity index (χ0n) is 20.8. The van der Waals surface area contributed by atoms with Crippen molar-refractivity contribution in [1.29, 1.82) is 0 Å². The molecule has 2 aromatic carbocycles. The number of piperazine rings is 1. The summed E-state index contributed by atoms with van der Waals surface area (Å²) in [5.41, 5.74) is 4.05. The highest BCUT2D eigenvalue weighted by Gasteiger charge is 2.22. The van der Waals surface area contributed by atoms with E-state index < -0.39 is 0 Å². The predicted octanol–water partition coefficient (Wildman–Crippen LogP) is 4.00. The quantitative estimate of drug-likeness (QED) is 0.551. The zero-order valence-corrected chi connectivity index (χ0v) is 20.8. The van der Waals surface area contributed by atoms with Crippen LogP contribution >= 0.6 is 0 Å². The summed E-state index contributed by atoms with van der Waals surface area (Å²) in [5, 5.41) is 6.53. The van der Waals surface area contributed by atoms with Crippen molar-refractivity contribution in [3.05, 3.63) is 83.3 Å². The summed E-state index contributed by atoms with van der Waals surface area (Å²) in [6.45, 7) is 8.70. The van der Waals surface area contributed by atoms with Crippen molar-refractivity contribution >= 4 is 11.7 Å². The molecule has 0 bridgehead atoms. The first-order chi connectivity index (χ1) is 17.5. The maximum atomic E-state index is 14.5. The van der Waals surface area contributed by atoms with Crippen LogP contribution in [0.4, 0.5) is 10.2 Å². The second-order valence-corrected chi connectivity index (χ2v) is 9.85. The lowest BCUT2D eigenvalue weighted by Crippen LogP contribution is -2.44. The number of nitrogens with zero attached hydrogens (tertiary/aromatic N) is 3. The minimum absolute atomic E-state index is 0.120. The highest BCUT2D eigenvalue weighted by molar-refractivity contribution is 5.95. The van der Waals surface area contributed by atoms with E-state index in [2.05, 4.69) is 37.6 Å². The maximum absolute atomic E-state index is 14.5. The molecule has 1 aromatic heterocycles. The Morgan fingerprint density at radius 1 is 1.03 bits per heavy atom. The number of hydrogen-bond acceptors (Lipinski definition) is 5. The van der Waals surface area contributed by atoms with Gasteiger partial charge in [0.05, 0.1) is 0 Å². The number of aromatic nitrogens is 1. The monoisotopic (exact) mass is 487 g/mol. The van der Waals surface area contributed by atoms with Gasteiger partial charge in [0.25, 0.3) is 5.91 Å². The highest BCUT2D eigenvalue weighted by atomic mass is 19.1. The number of amides is 1. The van der Waals surface area contributed by atoms with E-state index in [1.54, 1.807) is 12.1 Å². The Morgan fingerprint density at radius 3 is 2.47 bits per heavy atom. The summed E-state index contributed by atoms with van der Waals surface area (Å²) in [6, 6.07) is 16.7. The average molecular weight is 488 g/mol. The van der Waals surface area contributed by atoms with Gasteiger partial charge in [-0.25, -0.2) is 9.37 Å². The van der Waals surface area contributed by atoms with Gasteiger partial charge in [0.2, 0.25) is 0 Å². The lowest BCUT2D eigenvalue weighted by molar-refractivity contribution is 0.0909. The molecule has 2 aliphatic heterocycles. The van der Waals surface area contributed by atoms with Crippen LogP contribution in [0.5, 0.6) is 0 Å². The third-order valence-electron chi connectivity index (χ3n) is 7.17. The Bertz CT molecular complexity index is 1170. The summed E-state index contributed by atoms with van der Waals surface area (Å²) in [7, 11) is 0. The topological polar surface area (TPSA) is 60.5 Å². The van der Waals surface area contributed by atoms with E-state index in [0.717, 1.165) is 75.6 Å². The van der Waals surface area contributed by atoms with Gasteiger partial charge >= 0.3 is 0 Å². The standard InChI is InChI=1S/C29H34FN5O/c1-21-2-5-23(6-3-21)26-18-24(7-8-27(26)30)29(36)33-25-10-14-34(15-11-25)20-22-4-9-28(32-19-22)35-16-12-31-13-17-35/h2-9,18-19,25,31H,10-17,20H2,1H3,(H,33,36). The van der Waals surface area contributed by atoms with Crippen molar-refractivity contribution < 1.29 is 9.18 Å². The van der Waals surface area contributed by atoms with Crippen LogP contribution in [0.1, 0.15) is 34.3 Å². The van der Waals surface area contributed by atoms with Gasteiger partial charge in [-0.2, -0.15) is 0 Å². The van der Waals surface area contributed by atoms with Gasteiger partial charge in [0, 0.05) is 69.2 Å². The van der Waals surface area contributed by atoms with Gasteiger partial charge in [0.15, 0.2) is 0 Å². The number of piperidine rings is 1. The van der Waals surface area contributed by atoms with Crippen LogP contribution in [0.25, 0.3) is 11.1 Å². The first kappa shape index (κ1) is 24.4. The SMILES string of the molecule is Cc1ccc(-c2cc(C(=O)NC3CCN(Cc4ccc(N5CCNCC5)nc4)CC3)ccc2F)cc1. The molecule has 188 valence electrons. The van der Waals surface area contributed by atoms with Crippen molar-refractivity contribution in [3.63, 3.8) is 0 Å². The van der Waals surface area contributed by atoms with Crippen LogP contribution in [0, 0.1) is 12.7 Å². The average Bonchev–Trinajstić information content (AvgIpc) is 2.91. The Balaban J connectivity index is 1.13. The largest absolute Gasteiger partial charge is 0.354 e. The van der Waals surface area contributed by atoms with E-state index in [1.165, 1.54) is 11.6 Å². The lowest BCUT2D eigenvalue weighted by Gasteiger charge is -2.32. The summed E-state index contributed by atoms with van der Waals surface area (Å²) < 4.78 is 14.5. The number of nitrogens with one attached hydrogen (secondary N) is 2. The molecular formula is C29H34FN5O. The van der Waals surface area contributed by atoms with E-state index >= 15 is 0 Å². The molecule has 3 aromatic rings. The number of carbonyl (C=O) groups excluding carboxylic acids is 1. The number of pyridine rings is 1. The molecule has 7 heteroatoms. The van der Waals surface area contributed by atoms with Gasteiger partial charge in [-0.05, 0) is 55.2 Å². The molecule has 0 atom stereocenters. The van der Waals surface area contributed by atoms with Gasteiger partial charge in [-0.1, -0.05) is 35.9 Å². The van der Waals surface area contributed by atoms with E-state index in [0.29, 0.717) is 11.1 Å². The first-order valence-electron chi connectivity index (χ1n) is 12.9. The van der Waals surface area contributed by atoms with E-state index in [1.807, 2.05) is 37.4 Å². The zero-order chi connectivity index (χ0) is 24.9. The molecule has 5 rings (SSSR count). The van der Waals surface area contributed by atoms with Crippen molar-refractivity contribution in [2.75, 3.05) is 44.2 Å². The number of carbonyl (C=O) groups is 1. The molecule has 6 nitrogen and oxygen atoms in total. The van der Waals surface area contributed by atoms with Gasteiger partial charge in [0.1, 0.15) is 11.6 Å². The summed E-state index contributed by atoms with van der Waals surface area (Å²) in [5.74, 6) is 0.585. The van der Waals surface area contributed by atoms with Crippen LogP contribution < -0.4 is 15.5 Å². The summed E-state index contributed by atoms with van der Waals surface area (Å²) in [4.78, 5) is 22.3. The molecule has 2 N–H and O–H groups in total. The van der Waals surface area contributed by atoms with E-state index in [-0.39, 0.29) is 17.8 Å². The molecule has 1 amide bonds. The molecule has 3 heterocycles. The Morgan fingerprint density at radius 2 is 1.78 bits per heavy atom. The van der Waals surface area contributed by atoms with Crippen LogP contribution in [-0.4, -0.2) is 61.1 Å². The number of benzene rings is 2. The minimum Gasteiger partial charge on any atom is -0.354 e. The normalized spacial score (nSPS) is 17.2. The molecular weight excluding hydrogens is 453 g/mol. The van der Waals surface area contributed by atoms with Crippen LogP contribution in [-0.2, 0) is 6.54 Å². The van der Waals surface area contributed by atoms with Crippen molar-refractivity contribution in [2.45, 2.75) is 32.4 Å². The predicted molar refractivity (Wildman–Crippen MR) is 142 cm³/mol. The summed E-state index contributed by atoms with van der Waals surface area (Å²) in [6.07, 6.45) is 3.78. The lowest BCUT2D eigenvalue weighted by atomic mass is 10.00. The minimum atomic E-state index is -0.320. The smallest absolute Gasteiger partial charge is 0.251 e. The van der Waals surface area contributed by atoms with Crippen LogP contribution in [0.2, 0.25) is 0 Å². The second-order valence-electron chi connectivity index (χ2n) is 9.85. The van der Waals surface area contributed by atoms with Crippen molar-refractivity contribution in [2.24, 2.45) is 0 Å². The fourth-order valence-corrected chi connectivity index (χ4v) is 4.97. The molecule has 0 unspecified atom stereocenters. The number of likely N-dealkylation sites (tertiary alicyclic amines) is 1.